The average Bonchev–Trinajstić information content (AvgIpc) is 2.68. The van der Waals surface area contributed by atoms with Crippen molar-refractivity contribution in [2.45, 2.75) is 32.2 Å². The Hall–Kier alpha value is -2.86. The molecule has 4 N–H and O–H groups in total. The van der Waals surface area contributed by atoms with Gasteiger partial charge in [0.15, 0.2) is 0 Å². The molecule has 0 spiro atoms. The number of anilines is 1. The van der Waals surface area contributed by atoms with E-state index in [9.17, 15) is 9.59 Å². The van der Waals surface area contributed by atoms with Crippen LogP contribution < -0.4 is 21.1 Å². The lowest BCUT2D eigenvalue weighted by atomic mass is 10.1. The molecule has 0 aromatic heterocycles. The van der Waals surface area contributed by atoms with E-state index in [2.05, 4.69) is 10.6 Å². The second-order valence-corrected chi connectivity index (χ2v) is 6.22. The summed E-state index contributed by atoms with van der Waals surface area (Å²) in [4.78, 5) is 24.9. The molecule has 0 saturated heterocycles. The number of benzene rings is 2. The van der Waals surface area contributed by atoms with Crippen LogP contribution in [0.1, 0.15) is 25.3 Å². The van der Waals surface area contributed by atoms with E-state index < -0.39 is 6.04 Å². The Balaban J connectivity index is 1.92. The molecule has 0 aliphatic heterocycles. The Morgan fingerprint density at radius 3 is 2.41 bits per heavy atom. The minimum atomic E-state index is -0.570. The maximum absolute atomic E-state index is 12.6. The molecule has 144 valence electrons. The summed E-state index contributed by atoms with van der Waals surface area (Å²) in [5.74, 6) is 0.300. The summed E-state index contributed by atoms with van der Waals surface area (Å²) in [5, 5.41) is 5.68. The molecule has 0 bridgehead atoms. The minimum absolute atomic E-state index is 0.166. The summed E-state index contributed by atoms with van der Waals surface area (Å²) >= 11 is 0. The van der Waals surface area contributed by atoms with Crippen LogP contribution in [0.2, 0.25) is 0 Å². The highest BCUT2D eigenvalue weighted by Gasteiger charge is 2.20. The van der Waals surface area contributed by atoms with Gasteiger partial charge in [0.1, 0.15) is 18.4 Å². The molecule has 6 nitrogen and oxygen atoms in total. The summed E-state index contributed by atoms with van der Waals surface area (Å²) in [5.41, 5.74) is 6.97. The van der Waals surface area contributed by atoms with Crippen LogP contribution in [0, 0.1) is 0 Å². The zero-order valence-electron chi connectivity index (χ0n) is 15.6. The fourth-order valence-corrected chi connectivity index (χ4v) is 2.62. The fourth-order valence-electron chi connectivity index (χ4n) is 2.62. The third-order valence-corrected chi connectivity index (χ3v) is 3.94. The molecular weight excluding hydrogens is 342 g/mol. The normalized spacial score (nSPS) is 11.5. The molecular formula is C21H27N3O3. The van der Waals surface area contributed by atoms with Crippen LogP contribution in [0.5, 0.6) is 5.75 Å². The highest BCUT2D eigenvalue weighted by molar-refractivity contribution is 5.97. The first-order valence-electron chi connectivity index (χ1n) is 9.19. The highest BCUT2D eigenvalue weighted by Crippen LogP contribution is 2.16. The van der Waals surface area contributed by atoms with Crippen molar-refractivity contribution in [3.63, 3.8) is 0 Å². The van der Waals surface area contributed by atoms with E-state index in [0.29, 0.717) is 31.0 Å². The molecule has 6 heteroatoms. The molecule has 0 fully saturated rings. The molecule has 2 rings (SSSR count). The molecule has 0 saturated carbocycles. The molecule has 0 radical (unpaired) electrons. The minimum Gasteiger partial charge on any atom is -0.492 e. The maximum atomic E-state index is 12.6. The van der Waals surface area contributed by atoms with Crippen molar-refractivity contribution in [3.8, 4) is 5.75 Å². The molecule has 1 atom stereocenters. The van der Waals surface area contributed by atoms with Gasteiger partial charge < -0.3 is 21.1 Å². The predicted molar refractivity (Wildman–Crippen MR) is 107 cm³/mol. The number of nitrogens with one attached hydrogen (secondary N) is 2. The van der Waals surface area contributed by atoms with Crippen LogP contribution in [-0.2, 0) is 16.0 Å². The maximum Gasteiger partial charge on any atom is 0.246 e. The lowest BCUT2D eigenvalue weighted by Gasteiger charge is -2.18. The summed E-state index contributed by atoms with van der Waals surface area (Å²) in [6.07, 6.45) is 1.61. The lowest BCUT2D eigenvalue weighted by Crippen LogP contribution is -2.44. The van der Waals surface area contributed by atoms with Crippen molar-refractivity contribution >= 4 is 17.5 Å². The smallest absolute Gasteiger partial charge is 0.246 e. The van der Waals surface area contributed by atoms with Gasteiger partial charge in [-0.1, -0.05) is 43.7 Å². The monoisotopic (exact) mass is 369 g/mol. The van der Waals surface area contributed by atoms with Crippen molar-refractivity contribution in [2.24, 2.45) is 5.73 Å². The van der Waals surface area contributed by atoms with E-state index in [0.717, 1.165) is 12.0 Å². The Labute approximate surface area is 160 Å². The zero-order valence-corrected chi connectivity index (χ0v) is 15.6. The summed E-state index contributed by atoms with van der Waals surface area (Å²) in [6, 6.07) is 16.0. The third kappa shape index (κ3) is 7.11. The summed E-state index contributed by atoms with van der Waals surface area (Å²) < 4.78 is 5.42. The first-order chi connectivity index (χ1) is 13.1. The van der Waals surface area contributed by atoms with Gasteiger partial charge in [0.2, 0.25) is 11.8 Å². The van der Waals surface area contributed by atoms with Gasteiger partial charge in [0, 0.05) is 12.2 Å². The molecule has 27 heavy (non-hydrogen) atoms. The Morgan fingerprint density at radius 1 is 1.07 bits per heavy atom. The quantitative estimate of drug-likeness (QED) is 0.600. The van der Waals surface area contributed by atoms with Gasteiger partial charge in [-0.25, -0.2) is 0 Å². The van der Waals surface area contributed by atoms with E-state index in [-0.39, 0.29) is 18.2 Å². The van der Waals surface area contributed by atoms with Crippen LogP contribution >= 0.6 is 0 Å². The number of carbonyl (C=O) groups excluding carboxylic acids is 2. The number of rotatable bonds is 10. The standard InChI is InChI=1S/C21H27N3O3/c1-2-6-19(24-20(25)15-16-7-4-3-5-8-16)21(26)23-17-9-11-18(12-10-17)27-14-13-22/h3-5,7-12,19H,2,6,13-15,22H2,1H3,(H,23,26)(H,24,25). The van der Waals surface area contributed by atoms with E-state index in [1.807, 2.05) is 37.3 Å². The second-order valence-electron chi connectivity index (χ2n) is 6.22. The Morgan fingerprint density at radius 2 is 1.78 bits per heavy atom. The molecule has 2 aromatic carbocycles. The molecule has 1 unspecified atom stereocenters. The molecule has 2 amide bonds. The summed E-state index contributed by atoms with van der Waals surface area (Å²) in [6.45, 7) is 2.87. The molecule has 0 aliphatic carbocycles. The Bertz CT molecular complexity index is 717. The van der Waals surface area contributed by atoms with Crippen LogP contribution in [-0.4, -0.2) is 31.0 Å². The van der Waals surface area contributed by atoms with Crippen molar-refractivity contribution in [1.82, 2.24) is 5.32 Å². The Kier molecular flexibility index (Phi) is 8.32. The lowest BCUT2D eigenvalue weighted by molar-refractivity contribution is -0.126. The largest absolute Gasteiger partial charge is 0.492 e. The topological polar surface area (TPSA) is 93.5 Å². The number of amides is 2. The number of hydrogen-bond acceptors (Lipinski definition) is 4. The van der Waals surface area contributed by atoms with Crippen molar-refractivity contribution in [3.05, 3.63) is 60.2 Å². The van der Waals surface area contributed by atoms with Crippen LogP contribution in [0.25, 0.3) is 0 Å². The highest BCUT2D eigenvalue weighted by atomic mass is 16.5. The van der Waals surface area contributed by atoms with E-state index in [1.54, 1.807) is 24.3 Å². The molecule has 0 aliphatic rings. The van der Waals surface area contributed by atoms with Gasteiger partial charge in [0.05, 0.1) is 6.42 Å². The van der Waals surface area contributed by atoms with Gasteiger partial charge >= 0.3 is 0 Å². The van der Waals surface area contributed by atoms with Gasteiger partial charge in [-0.15, -0.1) is 0 Å². The van der Waals surface area contributed by atoms with Crippen LogP contribution in [0.3, 0.4) is 0 Å². The van der Waals surface area contributed by atoms with Gasteiger partial charge in [-0.05, 0) is 36.2 Å². The number of ether oxygens (including phenoxy) is 1. The van der Waals surface area contributed by atoms with E-state index in [1.165, 1.54) is 0 Å². The van der Waals surface area contributed by atoms with E-state index >= 15 is 0 Å². The van der Waals surface area contributed by atoms with Crippen LogP contribution in [0.4, 0.5) is 5.69 Å². The number of nitrogens with two attached hydrogens (primary N) is 1. The number of carbonyl (C=O) groups is 2. The predicted octanol–water partition coefficient (Wildman–Crippen LogP) is 2.49. The molecule has 2 aromatic rings. The summed E-state index contributed by atoms with van der Waals surface area (Å²) in [7, 11) is 0. The second kappa shape index (κ2) is 11.0. The first-order valence-corrected chi connectivity index (χ1v) is 9.19. The van der Waals surface area contributed by atoms with Crippen LogP contribution in [0.15, 0.2) is 54.6 Å². The third-order valence-electron chi connectivity index (χ3n) is 3.94. The SMILES string of the molecule is CCCC(NC(=O)Cc1ccccc1)C(=O)Nc1ccc(OCCN)cc1. The van der Waals surface area contributed by atoms with Gasteiger partial charge in [0.25, 0.3) is 0 Å². The molecule has 0 heterocycles. The fraction of sp³-hybridized carbons (Fsp3) is 0.333. The van der Waals surface area contributed by atoms with Crippen molar-refractivity contribution in [1.29, 1.82) is 0 Å². The van der Waals surface area contributed by atoms with Crippen molar-refractivity contribution in [2.75, 3.05) is 18.5 Å². The first kappa shape index (κ1) is 20.5. The zero-order chi connectivity index (χ0) is 19.5. The van der Waals surface area contributed by atoms with Gasteiger partial charge in [-0.3, -0.25) is 9.59 Å². The number of hydrogen-bond donors (Lipinski definition) is 3. The van der Waals surface area contributed by atoms with Crippen molar-refractivity contribution < 1.29 is 14.3 Å². The van der Waals surface area contributed by atoms with E-state index in [4.69, 9.17) is 10.5 Å². The average molecular weight is 369 g/mol. The van der Waals surface area contributed by atoms with Gasteiger partial charge in [-0.2, -0.15) is 0 Å².